The summed E-state index contributed by atoms with van der Waals surface area (Å²) in [5, 5.41) is 19.2. The summed E-state index contributed by atoms with van der Waals surface area (Å²) in [6.45, 7) is 0.0312. The summed E-state index contributed by atoms with van der Waals surface area (Å²) in [6, 6.07) is 12.1. The van der Waals surface area contributed by atoms with Crippen LogP contribution in [0.5, 0.6) is 11.5 Å². The van der Waals surface area contributed by atoms with Gasteiger partial charge in [-0.1, -0.05) is 18.2 Å². The highest BCUT2D eigenvalue weighted by molar-refractivity contribution is 5.43. The molecule has 0 fully saturated rings. The summed E-state index contributed by atoms with van der Waals surface area (Å²) in [4.78, 5) is 0. The highest BCUT2D eigenvalue weighted by Crippen LogP contribution is 2.29. The van der Waals surface area contributed by atoms with Gasteiger partial charge in [-0.25, -0.2) is 0 Å². The van der Waals surface area contributed by atoms with Gasteiger partial charge in [-0.3, -0.25) is 0 Å². The van der Waals surface area contributed by atoms with Crippen molar-refractivity contribution in [1.29, 1.82) is 0 Å². The van der Waals surface area contributed by atoms with E-state index < -0.39 is 6.10 Å². The molecular formula is C16H19NO4. The smallest absolute Gasteiger partial charge is 0.161 e. The number of nitrogen functional groups attached to an aromatic ring is 1. The van der Waals surface area contributed by atoms with Crippen molar-refractivity contribution in [2.24, 2.45) is 0 Å². The minimum atomic E-state index is -0.757. The summed E-state index contributed by atoms with van der Waals surface area (Å²) < 4.78 is 10.8. The van der Waals surface area contributed by atoms with Gasteiger partial charge in [0, 0.05) is 5.69 Å². The number of anilines is 1. The van der Waals surface area contributed by atoms with Crippen LogP contribution in [0.3, 0.4) is 0 Å². The van der Waals surface area contributed by atoms with Crippen molar-refractivity contribution in [1.82, 2.24) is 0 Å². The van der Waals surface area contributed by atoms with E-state index in [1.165, 1.54) is 7.11 Å². The lowest BCUT2D eigenvalue weighted by atomic mass is 10.1. The van der Waals surface area contributed by atoms with E-state index in [9.17, 15) is 5.11 Å². The van der Waals surface area contributed by atoms with E-state index in [-0.39, 0.29) is 13.2 Å². The molecule has 0 spiro atoms. The lowest BCUT2D eigenvalue weighted by Crippen LogP contribution is -2.10. The first-order valence-electron chi connectivity index (χ1n) is 6.58. The fourth-order valence-corrected chi connectivity index (χ4v) is 1.91. The molecule has 0 bridgehead atoms. The van der Waals surface area contributed by atoms with E-state index in [1.54, 1.807) is 42.5 Å². The molecule has 0 radical (unpaired) electrons. The fraction of sp³-hybridized carbons (Fsp3) is 0.250. The minimum Gasteiger partial charge on any atom is -0.493 e. The van der Waals surface area contributed by atoms with Crippen LogP contribution in [0.4, 0.5) is 5.69 Å². The molecule has 0 saturated carbocycles. The number of aliphatic hydroxyl groups excluding tert-OH is 2. The SMILES string of the molecule is COc1cc(CO)ccc1OCC(O)c1ccc(N)cc1. The van der Waals surface area contributed by atoms with Gasteiger partial charge in [-0.15, -0.1) is 0 Å². The van der Waals surface area contributed by atoms with Crippen molar-refractivity contribution in [3.05, 3.63) is 53.6 Å². The molecular weight excluding hydrogens is 270 g/mol. The van der Waals surface area contributed by atoms with Gasteiger partial charge in [-0.05, 0) is 35.4 Å². The maximum absolute atomic E-state index is 10.1. The van der Waals surface area contributed by atoms with Crippen molar-refractivity contribution in [2.75, 3.05) is 19.5 Å². The number of nitrogens with two attached hydrogens (primary N) is 1. The van der Waals surface area contributed by atoms with Crippen LogP contribution in [0.2, 0.25) is 0 Å². The van der Waals surface area contributed by atoms with Crippen molar-refractivity contribution in [2.45, 2.75) is 12.7 Å². The Morgan fingerprint density at radius 1 is 1.10 bits per heavy atom. The van der Waals surface area contributed by atoms with Gasteiger partial charge in [0.2, 0.25) is 0 Å². The Hall–Kier alpha value is -2.24. The van der Waals surface area contributed by atoms with Crippen LogP contribution in [0.25, 0.3) is 0 Å². The van der Waals surface area contributed by atoms with E-state index in [1.807, 2.05) is 0 Å². The molecule has 0 amide bonds. The summed E-state index contributed by atoms with van der Waals surface area (Å²) in [5.41, 5.74) is 7.72. The van der Waals surface area contributed by atoms with Gasteiger partial charge in [-0.2, -0.15) is 0 Å². The third-order valence-corrected chi connectivity index (χ3v) is 3.13. The van der Waals surface area contributed by atoms with Crippen LogP contribution in [0.1, 0.15) is 17.2 Å². The molecule has 21 heavy (non-hydrogen) atoms. The number of methoxy groups -OCH3 is 1. The molecule has 0 aliphatic heterocycles. The predicted molar refractivity (Wildman–Crippen MR) is 80.2 cm³/mol. The van der Waals surface area contributed by atoms with Crippen LogP contribution in [-0.2, 0) is 6.61 Å². The van der Waals surface area contributed by atoms with Crippen molar-refractivity contribution >= 4 is 5.69 Å². The van der Waals surface area contributed by atoms with Crippen molar-refractivity contribution < 1.29 is 19.7 Å². The first kappa shape index (κ1) is 15.2. The van der Waals surface area contributed by atoms with Crippen LogP contribution in [0.15, 0.2) is 42.5 Å². The molecule has 0 heterocycles. The molecule has 2 aromatic carbocycles. The monoisotopic (exact) mass is 289 g/mol. The number of aliphatic hydroxyl groups is 2. The van der Waals surface area contributed by atoms with Gasteiger partial charge >= 0.3 is 0 Å². The maximum Gasteiger partial charge on any atom is 0.161 e. The Morgan fingerprint density at radius 3 is 2.43 bits per heavy atom. The molecule has 1 atom stereocenters. The number of hydrogen-bond acceptors (Lipinski definition) is 5. The molecule has 2 aromatic rings. The maximum atomic E-state index is 10.1. The van der Waals surface area contributed by atoms with Crippen LogP contribution in [0, 0.1) is 0 Å². The summed E-state index contributed by atoms with van der Waals surface area (Å²) >= 11 is 0. The highest BCUT2D eigenvalue weighted by Gasteiger charge is 2.11. The second kappa shape index (κ2) is 6.97. The molecule has 0 aromatic heterocycles. The normalized spacial score (nSPS) is 12.0. The standard InChI is InChI=1S/C16H19NO4/c1-20-16-8-11(9-18)2-7-15(16)21-10-14(19)12-3-5-13(17)6-4-12/h2-8,14,18-19H,9-10,17H2,1H3. The Morgan fingerprint density at radius 2 is 1.81 bits per heavy atom. The van der Waals surface area contributed by atoms with E-state index in [0.29, 0.717) is 17.2 Å². The first-order valence-corrected chi connectivity index (χ1v) is 6.58. The number of hydrogen-bond donors (Lipinski definition) is 3. The molecule has 5 nitrogen and oxygen atoms in total. The Labute approximate surface area is 123 Å². The van der Waals surface area contributed by atoms with Gasteiger partial charge in [0.1, 0.15) is 12.7 Å². The van der Waals surface area contributed by atoms with E-state index in [4.69, 9.17) is 20.3 Å². The predicted octanol–water partition coefficient (Wildman–Crippen LogP) is 1.88. The Bertz CT molecular complexity index is 583. The molecule has 112 valence electrons. The second-order valence-corrected chi connectivity index (χ2v) is 4.64. The van der Waals surface area contributed by atoms with Crippen LogP contribution < -0.4 is 15.2 Å². The quantitative estimate of drug-likeness (QED) is 0.707. The largest absolute Gasteiger partial charge is 0.493 e. The van der Waals surface area contributed by atoms with Crippen LogP contribution in [-0.4, -0.2) is 23.9 Å². The summed E-state index contributed by atoms with van der Waals surface area (Å²) in [7, 11) is 1.53. The van der Waals surface area contributed by atoms with E-state index >= 15 is 0 Å². The van der Waals surface area contributed by atoms with Crippen molar-refractivity contribution in [3.63, 3.8) is 0 Å². The Kier molecular flexibility index (Phi) is 5.03. The first-order chi connectivity index (χ1) is 10.1. The van der Waals surface area contributed by atoms with Crippen molar-refractivity contribution in [3.8, 4) is 11.5 Å². The van der Waals surface area contributed by atoms with E-state index in [0.717, 1.165) is 11.1 Å². The number of benzene rings is 2. The zero-order valence-electron chi connectivity index (χ0n) is 11.8. The summed E-state index contributed by atoms with van der Waals surface area (Å²) in [6.07, 6.45) is -0.757. The average molecular weight is 289 g/mol. The molecule has 4 N–H and O–H groups in total. The molecule has 0 aliphatic rings. The van der Waals surface area contributed by atoms with Gasteiger partial charge in [0.15, 0.2) is 11.5 Å². The number of ether oxygens (including phenoxy) is 2. The minimum absolute atomic E-state index is 0.0648. The number of rotatable bonds is 6. The highest BCUT2D eigenvalue weighted by atomic mass is 16.5. The lowest BCUT2D eigenvalue weighted by Gasteiger charge is -2.15. The molecule has 0 saturated heterocycles. The second-order valence-electron chi connectivity index (χ2n) is 4.64. The Balaban J connectivity index is 2.03. The zero-order chi connectivity index (χ0) is 15.2. The molecule has 1 unspecified atom stereocenters. The van der Waals surface area contributed by atoms with Gasteiger partial charge in [0.05, 0.1) is 13.7 Å². The molecule has 0 aliphatic carbocycles. The molecule has 2 rings (SSSR count). The average Bonchev–Trinajstić information content (AvgIpc) is 2.53. The fourth-order valence-electron chi connectivity index (χ4n) is 1.91. The molecule has 5 heteroatoms. The van der Waals surface area contributed by atoms with E-state index in [2.05, 4.69) is 0 Å². The third kappa shape index (κ3) is 3.87. The topological polar surface area (TPSA) is 84.9 Å². The lowest BCUT2D eigenvalue weighted by molar-refractivity contribution is 0.106. The summed E-state index contributed by atoms with van der Waals surface area (Å²) in [5.74, 6) is 1.04. The van der Waals surface area contributed by atoms with Gasteiger partial charge in [0.25, 0.3) is 0 Å². The van der Waals surface area contributed by atoms with Crippen LogP contribution >= 0.6 is 0 Å². The van der Waals surface area contributed by atoms with Gasteiger partial charge < -0.3 is 25.4 Å². The zero-order valence-corrected chi connectivity index (χ0v) is 11.8. The third-order valence-electron chi connectivity index (χ3n) is 3.13.